The van der Waals surface area contributed by atoms with Crippen LogP contribution in [0.1, 0.15) is 96.0 Å². The number of unbranched alkanes of at least 4 members (excludes halogenated alkanes) is 8. The molecule has 11 nitrogen and oxygen atoms in total. The SMILES string of the molecule is CCCCCCCC(=O)CCCCCC/C=C/[C@H](C(=O)N[C@@H](Cc1ccc(O)cc1)C(=O)O)[C@@]1(O)CC(=O)N(OC)C1=O. The molecule has 1 fully saturated rings. The third kappa shape index (κ3) is 11.2. The largest absolute Gasteiger partial charge is 0.508 e. The number of hydrogen-bond donors (Lipinski definition) is 4. The normalized spacial score (nSPS) is 18.3. The first-order chi connectivity index (χ1) is 20.5. The fourth-order valence-electron chi connectivity index (χ4n) is 5.11. The topological polar surface area (TPSA) is 171 Å². The lowest BCUT2D eigenvalue weighted by molar-refractivity contribution is -0.187. The molecule has 1 heterocycles. The molecule has 238 valence electrons. The molecule has 0 spiro atoms. The summed E-state index contributed by atoms with van der Waals surface area (Å²) >= 11 is 0. The van der Waals surface area contributed by atoms with Crippen molar-refractivity contribution in [1.29, 1.82) is 0 Å². The van der Waals surface area contributed by atoms with E-state index in [9.17, 15) is 39.3 Å². The monoisotopic (exact) mass is 602 g/mol. The Bertz CT molecular complexity index is 1120. The van der Waals surface area contributed by atoms with Crippen LogP contribution in [0, 0.1) is 5.92 Å². The predicted octanol–water partition coefficient (Wildman–Crippen LogP) is 4.00. The summed E-state index contributed by atoms with van der Waals surface area (Å²) in [6, 6.07) is 4.41. The summed E-state index contributed by atoms with van der Waals surface area (Å²) in [4.78, 5) is 67.3. The van der Waals surface area contributed by atoms with E-state index in [-0.39, 0.29) is 12.2 Å². The standard InChI is InChI=1S/C32H46N2O9/c1-3-4-5-8-11-14-24(35)15-12-9-6-7-10-13-16-26(32(42)22-28(37)34(43-2)31(32)41)29(38)33-27(30(39)40)21-23-17-19-25(36)20-18-23/h13,16-20,26-27,36,42H,3-12,14-15,21-22H2,1-2H3,(H,33,38)(H,39,40)/b16-13+/t26-,27+,32+/m1/s1. The third-order valence-corrected chi connectivity index (χ3v) is 7.64. The van der Waals surface area contributed by atoms with E-state index in [4.69, 9.17) is 4.84 Å². The van der Waals surface area contributed by atoms with Gasteiger partial charge in [-0.25, -0.2) is 4.79 Å². The molecule has 43 heavy (non-hydrogen) atoms. The quantitative estimate of drug-likeness (QED) is 0.0922. The van der Waals surface area contributed by atoms with Crippen LogP contribution in [0.25, 0.3) is 0 Å². The number of imide groups is 1. The molecule has 0 radical (unpaired) electrons. The summed E-state index contributed by atoms with van der Waals surface area (Å²) in [7, 11) is 1.09. The molecular formula is C32H46N2O9. The molecule has 1 saturated heterocycles. The number of allylic oxidation sites excluding steroid dienone is 1. The first kappa shape index (κ1) is 35.6. The van der Waals surface area contributed by atoms with Crippen molar-refractivity contribution in [3.63, 3.8) is 0 Å². The molecule has 0 saturated carbocycles. The second kappa shape index (κ2) is 18.2. The number of carboxylic acids is 1. The minimum Gasteiger partial charge on any atom is -0.508 e. The Morgan fingerprint density at radius 3 is 2.16 bits per heavy atom. The van der Waals surface area contributed by atoms with Crippen LogP contribution >= 0.6 is 0 Å². The number of Topliss-reactive ketones (excluding diaryl/α,β-unsaturated/α-hetero) is 1. The minimum absolute atomic E-state index is 0.000786. The van der Waals surface area contributed by atoms with E-state index in [1.165, 1.54) is 49.6 Å². The molecule has 0 unspecified atom stereocenters. The van der Waals surface area contributed by atoms with E-state index >= 15 is 0 Å². The van der Waals surface area contributed by atoms with Gasteiger partial charge in [0.1, 0.15) is 17.6 Å². The van der Waals surface area contributed by atoms with Gasteiger partial charge < -0.3 is 20.6 Å². The second-order valence-corrected chi connectivity index (χ2v) is 11.1. The average Bonchev–Trinajstić information content (AvgIpc) is 3.19. The number of aromatic hydroxyl groups is 1. The number of carboxylic acid groups (broad SMARTS) is 1. The number of nitrogens with one attached hydrogen (secondary N) is 1. The van der Waals surface area contributed by atoms with Crippen LogP contribution in [0.15, 0.2) is 36.4 Å². The fraction of sp³-hybridized carbons (Fsp3) is 0.594. The maximum atomic E-state index is 13.4. The van der Waals surface area contributed by atoms with Crippen LogP contribution in [0.2, 0.25) is 0 Å². The van der Waals surface area contributed by atoms with Crippen molar-refractivity contribution < 1.29 is 44.1 Å². The third-order valence-electron chi connectivity index (χ3n) is 7.64. The van der Waals surface area contributed by atoms with Crippen molar-refractivity contribution in [1.82, 2.24) is 10.4 Å². The predicted molar refractivity (Wildman–Crippen MR) is 159 cm³/mol. The summed E-state index contributed by atoms with van der Waals surface area (Å²) in [5, 5.41) is 33.2. The van der Waals surface area contributed by atoms with Crippen molar-refractivity contribution in [2.45, 2.75) is 108 Å². The number of phenols is 1. The summed E-state index contributed by atoms with van der Waals surface area (Å²) in [5.41, 5.74) is -1.92. The number of ketones is 1. The van der Waals surface area contributed by atoms with Gasteiger partial charge in [-0.3, -0.25) is 24.0 Å². The van der Waals surface area contributed by atoms with E-state index in [2.05, 4.69) is 12.2 Å². The van der Waals surface area contributed by atoms with Crippen molar-refractivity contribution >= 4 is 29.5 Å². The molecule has 0 aliphatic carbocycles. The molecule has 0 aromatic heterocycles. The van der Waals surface area contributed by atoms with Gasteiger partial charge in [-0.05, 0) is 43.4 Å². The molecular weight excluding hydrogens is 556 g/mol. The number of carbonyl (C=O) groups excluding carboxylic acids is 4. The Balaban J connectivity index is 1.97. The lowest BCUT2D eigenvalue weighted by atomic mass is 9.84. The number of hydrogen-bond acceptors (Lipinski definition) is 8. The molecule has 1 aliphatic rings. The number of phenolic OH excluding ortho intramolecular Hbond substituents is 1. The van der Waals surface area contributed by atoms with Gasteiger partial charge in [0.2, 0.25) is 5.91 Å². The first-order valence-corrected chi connectivity index (χ1v) is 15.2. The maximum Gasteiger partial charge on any atom is 0.326 e. The number of aliphatic hydroxyl groups is 1. The van der Waals surface area contributed by atoms with Crippen molar-refractivity contribution in [3.05, 3.63) is 42.0 Å². The number of nitrogens with zero attached hydrogens (tertiary/aromatic N) is 1. The summed E-state index contributed by atoms with van der Waals surface area (Å²) in [6.45, 7) is 2.16. The molecule has 1 aromatic carbocycles. The fourth-order valence-corrected chi connectivity index (χ4v) is 5.11. The lowest BCUT2D eigenvalue weighted by Gasteiger charge is -2.28. The summed E-state index contributed by atoms with van der Waals surface area (Å²) in [5.74, 6) is -5.46. The van der Waals surface area contributed by atoms with Gasteiger partial charge in [0, 0.05) is 19.3 Å². The highest BCUT2D eigenvalue weighted by molar-refractivity contribution is 6.09. The van der Waals surface area contributed by atoms with Gasteiger partial charge in [0.15, 0.2) is 5.60 Å². The Morgan fingerprint density at radius 1 is 1.00 bits per heavy atom. The van der Waals surface area contributed by atoms with Gasteiger partial charge in [-0.2, -0.15) is 5.06 Å². The molecule has 3 atom stereocenters. The van der Waals surface area contributed by atoms with Gasteiger partial charge in [0.25, 0.3) is 11.8 Å². The second-order valence-electron chi connectivity index (χ2n) is 11.1. The Kier molecular flexibility index (Phi) is 15.1. The van der Waals surface area contributed by atoms with Crippen molar-refractivity contribution in [2.24, 2.45) is 5.92 Å². The van der Waals surface area contributed by atoms with Crippen LogP contribution in [0.5, 0.6) is 5.75 Å². The number of benzene rings is 1. The molecule has 4 N–H and O–H groups in total. The van der Waals surface area contributed by atoms with E-state index < -0.39 is 47.7 Å². The van der Waals surface area contributed by atoms with Crippen LogP contribution in [0.4, 0.5) is 0 Å². The molecule has 1 aliphatic heterocycles. The highest BCUT2D eigenvalue weighted by Gasteiger charge is 2.57. The van der Waals surface area contributed by atoms with E-state index in [0.29, 0.717) is 35.7 Å². The van der Waals surface area contributed by atoms with Crippen molar-refractivity contribution in [2.75, 3.05) is 7.11 Å². The zero-order valence-corrected chi connectivity index (χ0v) is 25.3. The van der Waals surface area contributed by atoms with Gasteiger partial charge >= 0.3 is 5.97 Å². The maximum absolute atomic E-state index is 13.4. The number of rotatable bonds is 21. The zero-order valence-electron chi connectivity index (χ0n) is 25.3. The molecule has 2 rings (SSSR count). The molecule has 11 heteroatoms. The highest BCUT2D eigenvalue weighted by Crippen LogP contribution is 2.33. The Hall–Kier alpha value is -3.57. The average molecular weight is 603 g/mol. The first-order valence-electron chi connectivity index (χ1n) is 15.2. The number of hydroxylamine groups is 2. The minimum atomic E-state index is -2.45. The van der Waals surface area contributed by atoms with Crippen LogP contribution in [-0.4, -0.2) is 68.6 Å². The highest BCUT2D eigenvalue weighted by atomic mass is 16.7. The number of aliphatic carboxylic acids is 1. The van der Waals surface area contributed by atoms with Crippen LogP contribution in [-0.2, 0) is 35.2 Å². The molecule has 0 bridgehead atoms. The summed E-state index contributed by atoms with van der Waals surface area (Å²) in [6.07, 6.45) is 12.7. The summed E-state index contributed by atoms with van der Waals surface area (Å²) < 4.78 is 0. The Labute approximate surface area is 253 Å². The smallest absolute Gasteiger partial charge is 0.326 e. The van der Waals surface area contributed by atoms with Gasteiger partial charge in [-0.15, -0.1) is 0 Å². The van der Waals surface area contributed by atoms with E-state index in [1.54, 1.807) is 6.08 Å². The van der Waals surface area contributed by atoms with Crippen molar-refractivity contribution in [3.8, 4) is 5.75 Å². The number of amides is 3. The number of carbonyl (C=O) groups is 5. The molecule has 3 amide bonds. The van der Waals surface area contributed by atoms with E-state index in [0.717, 1.165) is 45.6 Å². The Morgan fingerprint density at radius 2 is 1.60 bits per heavy atom. The zero-order chi connectivity index (χ0) is 31.8. The van der Waals surface area contributed by atoms with Gasteiger partial charge in [-0.1, -0.05) is 69.7 Å². The lowest BCUT2D eigenvalue weighted by Crippen LogP contribution is -2.54. The van der Waals surface area contributed by atoms with Gasteiger partial charge in [0.05, 0.1) is 19.4 Å². The molecule has 1 aromatic rings. The van der Waals surface area contributed by atoms with Crippen LogP contribution in [0.3, 0.4) is 0 Å². The van der Waals surface area contributed by atoms with E-state index in [1.807, 2.05) is 0 Å². The van der Waals surface area contributed by atoms with Crippen LogP contribution < -0.4 is 5.32 Å².